The van der Waals surface area contributed by atoms with E-state index in [1.54, 1.807) is 0 Å². The normalized spacial score (nSPS) is 11.4. The predicted octanol–water partition coefficient (Wildman–Crippen LogP) is 3.38. The molecule has 0 spiro atoms. The number of alkyl halides is 2. The van der Waals surface area contributed by atoms with E-state index in [0.29, 0.717) is 17.9 Å². The number of nitrogens with one attached hydrogen (secondary N) is 1. The van der Waals surface area contributed by atoms with Gasteiger partial charge in [-0.1, -0.05) is 6.07 Å². The van der Waals surface area contributed by atoms with Crippen LogP contribution in [0.4, 0.5) is 8.78 Å². The van der Waals surface area contributed by atoms with Gasteiger partial charge in [-0.25, -0.2) is 8.78 Å². The van der Waals surface area contributed by atoms with Gasteiger partial charge in [0.2, 0.25) is 0 Å². The minimum absolute atomic E-state index is 0.185. The molecule has 0 radical (unpaired) electrons. The van der Waals surface area contributed by atoms with Crippen LogP contribution in [-0.4, -0.2) is 35.8 Å². The molecule has 1 heterocycles. The Morgan fingerprint density at radius 3 is 2.90 bits per heavy atom. The molecule has 1 N–H and O–H groups in total. The highest BCUT2D eigenvalue weighted by Crippen LogP contribution is 2.24. The SMILES string of the molecule is CCOc1cccc2c1[nH]c(=S)n2CCOCC(F)F. The van der Waals surface area contributed by atoms with Gasteiger partial charge in [0.15, 0.2) is 4.77 Å². The number of halogens is 2. The van der Waals surface area contributed by atoms with Crippen molar-refractivity contribution in [1.29, 1.82) is 0 Å². The van der Waals surface area contributed by atoms with Crippen LogP contribution in [0, 0.1) is 4.77 Å². The molecular formula is C13H16F2N2O2S. The number of fused-ring (bicyclic) bond motifs is 1. The van der Waals surface area contributed by atoms with Crippen molar-refractivity contribution in [3.05, 3.63) is 23.0 Å². The summed E-state index contributed by atoms with van der Waals surface area (Å²) in [5.41, 5.74) is 1.69. The Labute approximate surface area is 120 Å². The van der Waals surface area contributed by atoms with Gasteiger partial charge in [0.05, 0.1) is 18.7 Å². The molecule has 0 aliphatic rings. The van der Waals surface area contributed by atoms with Gasteiger partial charge in [-0.15, -0.1) is 0 Å². The lowest BCUT2D eigenvalue weighted by atomic mass is 10.3. The number of H-pyrrole nitrogens is 1. The van der Waals surface area contributed by atoms with Crippen molar-refractivity contribution in [3.63, 3.8) is 0 Å². The van der Waals surface area contributed by atoms with Crippen LogP contribution in [0.15, 0.2) is 18.2 Å². The van der Waals surface area contributed by atoms with Gasteiger partial charge in [0.25, 0.3) is 6.43 Å². The highest BCUT2D eigenvalue weighted by atomic mass is 32.1. The number of imidazole rings is 1. The second kappa shape index (κ2) is 6.81. The summed E-state index contributed by atoms with van der Waals surface area (Å²) in [6, 6.07) is 5.62. The molecule has 0 bridgehead atoms. The van der Waals surface area contributed by atoms with Crippen LogP contribution >= 0.6 is 12.2 Å². The number of aromatic amines is 1. The van der Waals surface area contributed by atoms with Crippen molar-refractivity contribution >= 4 is 23.3 Å². The summed E-state index contributed by atoms with van der Waals surface area (Å²) in [5, 5.41) is 0. The molecule has 1 aromatic heterocycles. The summed E-state index contributed by atoms with van der Waals surface area (Å²) >= 11 is 5.25. The van der Waals surface area contributed by atoms with Crippen molar-refractivity contribution in [1.82, 2.24) is 9.55 Å². The summed E-state index contributed by atoms with van der Waals surface area (Å²) in [6.07, 6.45) is -2.45. The standard InChI is InChI=1S/C13H16F2N2O2S/c1-2-19-10-5-3-4-9-12(10)16-13(20)17(9)6-7-18-8-11(14)15/h3-5,11H,2,6-8H2,1H3,(H,16,20). The molecule has 0 fully saturated rings. The van der Waals surface area contributed by atoms with E-state index in [-0.39, 0.29) is 6.61 Å². The first-order chi connectivity index (χ1) is 9.63. The number of nitrogens with zero attached hydrogens (tertiary/aromatic N) is 1. The molecule has 0 saturated carbocycles. The number of rotatable bonds is 7. The second-order valence-electron chi connectivity index (χ2n) is 4.13. The molecule has 0 aliphatic heterocycles. The van der Waals surface area contributed by atoms with Crippen LogP contribution < -0.4 is 4.74 Å². The summed E-state index contributed by atoms with van der Waals surface area (Å²) in [7, 11) is 0. The van der Waals surface area contributed by atoms with Gasteiger partial charge in [-0.3, -0.25) is 0 Å². The lowest BCUT2D eigenvalue weighted by Gasteiger charge is -2.07. The summed E-state index contributed by atoms with van der Waals surface area (Å²) in [6.45, 7) is 2.51. The lowest BCUT2D eigenvalue weighted by Crippen LogP contribution is -2.10. The Balaban J connectivity index is 2.19. The largest absolute Gasteiger partial charge is 0.492 e. The monoisotopic (exact) mass is 302 g/mol. The van der Waals surface area contributed by atoms with Crippen molar-refractivity contribution < 1.29 is 18.3 Å². The van der Waals surface area contributed by atoms with E-state index in [4.69, 9.17) is 21.7 Å². The summed E-state index contributed by atoms with van der Waals surface area (Å²) < 4.78 is 36.7. The summed E-state index contributed by atoms with van der Waals surface area (Å²) in [4.78, 5) is 3.08. The fourth-order valence-electron chi connectivity index (χ4n) is 1.98. The zero-order valence-electron chi connectivity index (χ0n) is 11.1. The third-order valence-electron chi connectivity index (χ3n) is 2.78. The van der Waals surface area contributed by atoms with E-state index in [1.807, 2.05) is 29.7 Å². The van der Waals surface area contributed by atoms with Crippen molar-refractivity contribution in [3.8, 4) is 5.75 Å². The van der Waals surface area contributed by atoms with Gasteiger partial charge in [-0.05, 0) is 31.3 Å². The molecule has 0 amide bonds. The number of para-hydroxylation sites is 1. The maximum Gasteiger partial charge on any atom is 0.261 e. The van der Waals surface area contributed by atoms with Crippen LogP contribution in [0.1, 0.15) is 6.92 Å². The molecule has 0 atom stereocenters. The zero-order valence-corrected chi connectivity index (χ0v) is 11.9. The maximum absolute atomic E-state index is 12.0. The second-order valence-corrected chi connectivity index (χ2v) is 4.52. The van der Waals surface area contributed by atoms with E-state index < -0.39 is 13.0 Å². The van der Waals surface area contributed by atoms with Crippen LogP contribution in [0.2, 0.25) is 0 Å². The molecule has 2 rings (SSSR count). The molecule has 0 unspecified atom stereocenters. The number of benzene rings is 1. The topological polar surface area (TPSA) is 39.2 Å². The average Bonchev–Trinajstić information content (AvgIpc) is 2.72. The van der Waals surface area contributed by atoms with Gasteiger partial charge >= 0.3 is 0 Å². The maximum atomic E-state index is 12.0. The molecule has 20 heavy (non-hydrogen) atoms. The highest BCUT2D eigenvalue weighted by Gasteiger charge is 2.09. The van der Waals surface area contributed by atoms with Gasteiger partial charge < -0.3 is 19.0 Å². The van der Waals surface area contributed by atoms with Crippen molar-refractivity contribution in [2.24, 2.45) is 0 Å². The first-order valence-electron chi connectivity index (χ1n) is 6.33. The highest BCUT2D eigenvalue weighted by molar-refractivity contribution is 7.71. The Hall–Kier alpha value is -1.47. The number of hydrogen-bond acceptors (Lipinski definition) is 3. The fourth-order valence-corrected chi connectivity index (χ4v) is 2.27. The quantitative estimate of drug-likeness (QED) is 0.629. The Morgan fingerprint density at radius 2 is 2.20 bits per heavy atom. The fraction of sp³-hybridized carbons (Fsp3) is 0.462. The Kier molecular flexibility index (Phi) is 5.08. The van der Waals surface area contributed by atoms with Gasteiger partial charge in [-0.2, -0.15) is 0 Å². The van der Waals surface area contributed by atoms with E-state index in [1.165, 1.54) is 0 Å². The Bertz CT molecular complexity index is 624. The molecule has 0 aliphatic carbocycles. The predicted molar refractivity (Wildman–Crippen MR) is 75.1 cm³/mol. The molecule has 110 valence electrons. The van der Waals surface area contributed by atoms with Crippen LogP contribution in [0.25, 0.3) is 11.0 Å². The van der Waals surface area contributed by atoms with E-state index in [9.17, 15) is 8.78 Å². The molecule has 7 heteroatoms. The third-order valence-corrected chi connectivity index (χ3v) is 3.10. The van der Waals surface area contributed by atoms with Crippen molar-refractivity contribution in [2.75, 3.05) is 19.8 Å². The number of hydrogen-bond donors (Lipinski definition) is 1. The van der Waals surface area contributed by atoms with E-state index in [0.717, 1.165) is 16.8 Å². The first kappa shape index (κ1) is 14.9. The minimum Gasteiger partial charge on any atom is -0.492 e. The van der Waals surface area contributed by atoms with Crippen LogP contribution in [0.5, 0.6) is 5.75 Å². The first-order valence-corrected chi connectivity index (χ1v) is 6.74. The Morgan fingerprint density at radius 1 is 1.40 bits per heavy atom. The number of ether oxygens (including phenoxy) is 2. The van der Waals surface area contributed by atoms with Gasteiger partial charge in [0, 0.05) is 6.54 Å². The molecule has 2 aromatic rings. The zero-order chi connectivity index (χ0) is 14.5. The average molecular weight is 302 g/mol. The molecule has 0 saturated heterocycles. The van der Waals surface area contributed by atoms with Crippen LogP contribution in [-0.2, 0) is 11.3 Å². The summed E-state index contributed by atoms with van der Waals surface area (Å²) in [5.74, 6) is 0.725. The third kappa shape index (κ3) is 3.34. The van der Waals surface area contributed by atoms with E-state index >= 15 is 0 Å². The van der Waals surface area contributed by atoms with Gasteiger partial charge in [0.1, 0.15) is 17.9 Å². The molecule has 1 aromatic carbocycles. The molecular weight excluding hydrogens is 286 g/mol. The lowest BCUT2D eigenvalue weighted by molar-refractivity contribution is 0.0149. The van der Waals surface area contributed by atoms with Crippen LogP contribution in [0.3, 0.4) is 0 Å². The number of aromatic nitrogens is 2. The van der Waals surface area contributed by atoms with Crippen molar-refractivity contribution in [2.45, 2.75) is 19.9 Å². The van der Waals surface area contributed by atoms with E-state index in [2.05, 4.69) is 4.98 Å². The minimum atomic E-state index is -2.45. The smallest absolute Gasteiger partial charge is 0.261 e. The molecule has 4 nitrogen and oxygen atoms in total.